The van der Waals surface area contributed by atoms with Crippen LogP contribution in [-0.4, -0.2) is 19.9 Å². The Morgan fingerprint density at radius 2 is 1.02 bits per heavy atom. The molecule has 0 spiro atoms. The van der Waals surface area contributed by atoms with E-state index in [0.717, 1.165) is 42.9 Å². The van der Waals surface area contributed by atoms with Crippen LogP contribution in [-0.2, 0) is 0 Å². The average Bonchev–Trinajstić information content (AvgIpc) is 3.80. The third-order valence-corrected chi connectivity index (χ3v) is 11.5. The normalized spacial score (nSPS) is 11.6. The lowest BCUT2D eigenvalue weighted by molar-refractivity contribution is 1.08. The zero-order valence-electron chi connectivity index (χ0n) is 26.6. The highest BCUT2D eigenvalue weighted by Crippen LogP contribution is 2.45. The standard InChI is InChI=1S/C44H26N4S2/c1-3-10-27(11-4-1)29-18-21-31(22-19-29)44-45-36-24-25-37-38(40(36)50-44)34-16-9-17-35(39(34)49-37)43-47-41(30-13-5-2-6-14-30)46-42(48-43)33-23-20-28-12-7-8-15-32(28)26-33/h1-26H. The molecule has 0 aliphatic heterocycles. The quantitative estimate of drug-likeness (QED) is 0.182. The van der Waals surface area contributed by atoms with Crippen LogP contribution in [0.4, 0.5) is 0 Å². The van der Waals surface area contributed by atoms with Gasteiger partial charge in [0.2, 0.25) is 0 Å². The fourth-order valence-electron chi connectivity index (χ4n) is 6.67. The van der Waals surface area contributed by atoms with Crippen LogP contribution in [0.15, 0.2) is 158 Å². The van der Waals surface area contributed by atoms with E-state index in [1.807, 2.05) is 24.3 Å². The molecular weight excluding hydrogens is 649 g/mol. The third-order valence-electron chi connectivity index (χ3n) is 9.17. The highest BCUT2D eigenvalue weighted by atomic mass is 32.1. The van der Waals surface area contributed by atoms with E-state index in [-0.39, 0.29) is 0 Å². The van der Waals surface area contributed by atoms with Gasteiger partial charge in [-0.2, -0.15) is 0 Å². The van der Waals surface area contributed by atoms with Crippen molar-refractivity contribution < 1.29 is 0 Å². The van der Waals surface area contributed by atoms with Gasteiger partial charge in [0.15, 0.2) is 17.5 Å². The number of thiazole rings is 1. The molecule has 0 atom stereocenters. The minimum atomic E-state index is 0.657. The maximum absolute atomic E-state index is 5.14. The smallest absolute Gasteiger partial charge is 0.165 e. The molecule has 0 aliphatic carbocycles. The summed E-state index contributed by atoms with van der Waals surface area (Å²) in [5.41, 5.74) is 7.47. The Morgan fingerprint density at radius 1 is 0.380 bits per heavy atom. The first-order valence-corrected chi connectivity index (χ1v) is 18.1. The second-order valence-electron chi connectivity index (χ2n) is 12.3. The van der Waals surface area contributed by atoms with E-state index in [9.17, 15) is 0 Å². The van der Waals surface area contributed by atoms with Crippen molar-refractivity contribution in [2.24, 2.45) is 0 Å². The van der Waals surface area contributed by atoms with Crippen molar-refractivity contribution in [3.63, 3.8) is 0 Å². The number of benzene rings is 7. The van der Waals surface area contributed by atoms with Crippen LogP contribution < -0.4 is 0 Å². The van der Waals surface area contributed by atoms with Crippen LogP contribution in [0.2, 0.25) is 0 Å². The molecule has 10 aromatic rings. The zero-order chi connectivity index (χ0) is 33.0. The van der Waals surface area contributed by atoms with Crippen molar-refractivity contribution in [1.82, 2.24) is 19.9 Å². The Labute approximate surface area is 296 Å². The lowest BCUT2D eigenvalue weighted by Gasteiger charge is -2.09. The predicted octanol–water partition coefficient (Wildman–Crippen LogP) is 12.3. The minimum absolute atomic E-state index is 0.657. The van der Waals surface area contributed by atoms with E-state index in [2.05, 4.69) is 133 Å². The van der Waals surface area contributed by atoms with Gasteiger partial charge < -0.3 is 0 Å². The predicted molar refractivity (Wildman–Crippen MR) is 211 cm³/mol. The molecule has 0 radical (unpaired) electrons. The molecule has 10 rings (SSSR count). The SMILES string of the molecule is c1ccc(-c2ccc(-c3nc4ccc5sc6c(-c7nc(-c8ccccc8)nc(-c8ccc9ccccc9c8)n7)cccc6c5c4s3)cc2)cc1. The summed E-state index contributed by atoms with van der Waals surface area (Å²) in [5, 5.41) is 5.79. The van der Waals surface area contributed by atoms with Gasteiger partial charge in [-0.25, -0.2) is 19.9 Å². The van der Waals surface area contributed by atoms with Crippen molar-refractivity contribution in [2.45, 2.75) is 0 Å². The summed E-state index contributed by atoms with van der Waals surface area (Å²) in [6.07, 6.45) is 0. The fourth-order valence-corrected chi connectivity index (χ4v) is 9.09. The lowest BCUT2D eigenvalue weighted by Crippen LogP contribution is -2.00. The van der Waals surface area contributed by atoms with Gasteiger partial charge in [-0.3, -0.25) is 0 Å². The molecule has 0 unspecified atom stereocenters. The minimum Gasteiger partial charge on any atom is -0.236 e. The molecule has 7 aromatic carbocycles. The Bertz CT molecular complexity index is 2860. The van der Waals surface area contributed by atoms with E-state index >= 15 is 0 Å². The molecule has 0 N–H and O–H groups in total. The number of rotatable bonds is 5. The van der Waals surface area contributed by atoms with Crippen molar-refractivity contribution >= 4 is 63.8 Å². The molecule has 0 aliphatic rings. The summed E-state index contributed by atoms with van der Waals surface area (Å²) in [6.45, 7) is 0. The van der Waals surface area contributed by atoms with Crippen LogP contribution in [0.1, 0.15) is 0 Å². The molecule has 0 saturated carbocycles. The molecule has 0 saturated heterocycles. The van der Waals surface area contributed by atoms with Gasteiger partial charge in [-0.15, -0.1) is 22.7 Å². The summed E-state index contributed by atoms with van der Waals surface area (Å²) in [4.78, 5) is 20.3. The Kier molecular flexibility index (Phi) is 6.82. The summed E-state index contributed by atoms with van der Waals surface area (Å²) >= 11 is 3.54. The second kappa shape index (κ2) is 11.8. The van der Waals surface area contributed by atoms with Gasteiger partial charge >= 0.3 is 0 Å². The Balaban J connectivity index is 1.12. The van der Waals surface area contributed by atoms with E-state index in [1.54, 1.807) is 22.7 Å². The Hall–Kier alpha value is -6.08. The molecule has 4 nitrogen and oxygen atoms in total. The van der Waals surface area contributed by atoms with Crippen LogP contribution >= 0.6 is 22.7 Å². The van der Waals surface area contributed by atoms with E-state index < -0.39 is 0 Å². The summed E-state index contributed by atoms with van der Waals surface area (Å²) in [6, 6.07) is 55.0. The van der Waals surface area contributed by atoms with Crippen LogP contribution in [0.3, 0.4) is 0 Å². The zero-order valence-corrected chi connectivity index (χ0v) is 28.2. The largest absolute Gasteiger partial charge is 0.236 e. The van der Waals surface area contributed by atoms with E-state index in [0.29, 0.717) is 17.5 Å². The molecule has 3 heterocycles. The van der Waals surface area contributed by atoms with E-state index in [1.165, 1.54) is 36.7 Å². The lowest BCUT2D eigenvalue weighted by atomic mass is 10.0. The monoisotopic (exact) mass is 674 g/mol. The number of hydrogen-bond donors (Lipinski definition) is 0. The van der Waals surface area contributed by atoms with Crippen molar-refractivity contribution in [1.29, 1.82) is 0 Å². The van der Waals surface area contributed by atoms with Crippen molar-refractivity contribution in [3.05, 3.63) is 158 Å². The maximum Gasteiger partial charge on any atom is 0.165 e. The number of nitrogens with zero attached hydrogens (tertiary/aromatic N) is 4. The van der Waals surface area contributed by atoms with Crippen LogP contribution in [0.5, 0.6) is 0 Å². The van der Waals surface area contributed by atoms with Crippen LogP contribution in [0, 0.1) is 0 Å². The first-order valence-electron chi connectivity index (χ1n) is 16.5. The number of thiophene rings is 1. The summed E-state index contributed by atoms with van der Waals surface area (Å²) in [5.74, 6) is 1.98. The first-order chi connectivity index (χ1) is 24.7. The molecule has 0 amide bonds. The molecule has 234 valence electrons. The fraction of sp³-hybridized carbons (Fsp3) is 0. The average molecular weight is 675 g/mol. The molecule has 3 aromatic heterocycles. The van der Waals surface area contributed by atoms with Gasteiger partial charge in [0.25, 0.3) is 0 Å². The number of fused-ring (bicyclic) bond motifs is 6. The highest BCUT2D eigenvalue weighted by molar-refractivity contribution is 7.28. The summed E-state index contributed by atoms with van der Waals surface area (Å²) < 4.78 is 3.58. The molecular formula is C44H26N4S2. The van der Waals surface area contributed by atoms with Crippen LogP contribution in [0.25, 0.3) is 97.0 Å². The topological polar surface area (TPSA) is 51.6 Å². The van der Waals surface area contributed by atoms with E-state index in [4.69, 9.17) is 19.9 Å². The Morgan fingerprint density at radius 3 is 1.82 bits per heavy atom. The maximum atomic E-state index is 5.14. The number of hydrogen-bond acceptors (Lipinski definition) is 6. The second-order valence-corrected chi connectivity index (χ2v) is 14.3. The molecule has 6 heteroatoms. The van der Waals surface area contributed by atoms with Crippen molar-refractivity contribution in [3.8, 4) is 55.9 Å². The summed E-state index contributed by atoms with van der Waals surface area (Å²) in [7, 11) is 0. The third kappa shape index (κ3) is 4.96. The first kappa shape index (κ1) is 28.9. The number of aromatic nitrogens is 4. The van der Waals surface area contributed by atoms with Gasteiger partial charge in [-0.1, -0.05) is 133 Å². The van der Waals surface area contributed by atoms with Crippen molar-refractivity contribution in [2.75, 3.05) is 0 Å². The van der Waals surface area contributed by atoms with Gasteiger partial charge in [0.1, 0.15) is 5.01 Å². The highest BCUT2D eigenvalue weighted by Gasteiger charge is 2.19. The molecule has 50 heavy (non-hydrogen) atoms. The van der Waals surface area contributed by atoms with Gasteiger partial charge in [-0.05, 0) is 46.2 Å². The van der Waals surface area contributed by atoms with Gasteiger partial charge in [0.05, 0.1) is 10.2 Å². The molecule has 0 fully saturated rings. The van der Waals surface area contributed by atoms with Gasteiger partial charge in [0, 0.05) is 42.4 Å². The molecule has 0 bridgehead atoms.